The van der Waals surface area contributed by atoms with E-state index in [0.29, 0.717) is 6.54 Å². The van der Waals surface area contributed by atoms with Crippen LogP contribution in [-0.4, -0.2) is 9.38 Å². The largest absolute Gasteiger partial charge is 0.326 e. The third-order valence-corrected chi connectivity index (χ3v) is 4.97. The Balaban J connectivity index is 1.95. The molecule has 0 atom stereocenters. The summed E-state index contributed by atoms with van der Waals surface area (Å²) in [7, 11) is 0. The number of nitrogens with zero attached hydrogens (tertiary/aromatic N) is 2. The number of hydrogen-bond donors (Lipinski definition) is 1. The van der Waals surface area contributed by atoms with Gasteiger partial charge in [-0.1, -0.05) is 23.5 Å². The molecule has 0 unspecified atom stereocenters. The molecule has 2 heterocycles. The molecule has 1 aromatic carbocycles. The lowest BCUT2D eigenvalue weighted by Gasteiger charge is -2.06. The Morgan fingerprint density at radius 2 is 2.16 bits per heavy atom. The zero-order valence-corrected chi connectivity index (χ0v) is 11.4. The maximum Gasteiger partial charge on any atom is 0.194 e. The van der Waals surface area contributed by atoms with Crippen molar-refractivity contribution in [1.82, 2.24) is 9.38 Å². The van der Waals surface area contributed by atoms with E-state index in [2.05, 4.69) is 27.6 Å². The van der Waals surface area contributed by atoms with E-state index in [9.17, 15) is 0 Å². The van der Waals surface area contributed by atoms with Crippen LogP contribution in [0.1, 0.15) is 22.4 Å². The lowest BCUT2D eigenvalue weighted by Crippen LogP contribution is -1.97. The van der Waals surface area contributed by atoms with Gasteiger partial charge in [0.25, 0.3) is 0 Å². The van der Waals surface area contributed by atoms with Gasteiger partial charge in [0.2, 0.25) is 0 Å². The molecule has 4 rings (SSSR count). The van der Waals surface area contributed by atoms with E-state index < -0.39 is 0 Å². The van der Waals surface area contributed by atoms with Gasteiger partial charge < -0.3 is 5.73 Å². The molecule has 19 heavy (non-hydrogen) atoms. The van der Waals surface area contributed by atoms with Crippen LogP contribution in [0.2, 0.25) is 0 Å². The number of nitrogens with two attached hydrogens (primary N) is 1. The highest BCUT2D eigenvalue weighted by Crippen LogP contribution is 2.34. The summed E-state index contributed by atoms with van der Waals surface area (Å²) in [5.41, 5.74) is 11.4. The number of aromatic nitrogens is 2. The molecular formula is C15H15N3S. The molecule has 0 amide bonds. The predicted molar refractivity (Wildman–Crippen MR) is 78.4 cm³/mol. The molecule has 4 heteroatoms. The molecule has 0 spiro atoms. The van der Waals surface area contributed by atoms with Gasteiger partial charge in [-0.15, -0.1) is 0 Å². The molecule has 0 bridgehead atoms. The van der Waals surface area contributed by atoms with E-state index in [1.165, 1.54) is 46.5 Å². The lowest BCUT2D eigenvalue weighted by atomic mass is 10.0. The van der Waals surface area contributed by atoms with Gasteiger partial charge in [0.15, 0.2) is 4.96 Å². The third-order valence-electron chi connectivity index (χ3n) is 3.88. The molecule has 3 nitrogen and oxygen atoms in total. The maximum absolute atomic E-state index is 5.89. The molecule has 0 saturated carbocycles. The van der Waals surface area contributed by atoms with Crippen molar-refractivity contribution in [2.75, 3.05) is 0 Å². The zero-order chi connectivity index (χ0) is 12.8. The smallest absolute Gasteiger partial charge is 0.194 e. The van der Waals surface area contributed by atoms with Crippen LogP contribution in [0.25, 0.3) is 16.2 Å². The molecule has 0 radical (unpaired) electrons. The van der Waals surface area contributed by atoms with Crippen molar-refractivity contribution in [3.63, 3.8) is 0 Å². The van der Waals surface area contributed by atoms with Crippen molar-refractivity contribution in [3.05, 3.63) is 46.6 Å². The minimum absolute atomic E-state index is 0.570. The van der Waals surface area contributed by atoms with Crippen LogP contribution in [0.15, 0.2) is 30.6 Å². The topological polar surface area (TPSA) is 43.3 Å². The summed E-state index contributed by atoms with van der Waals surface area (Å²) in [6.07, 6.45) is 7.59. The van der Waals surface area contributed by atoms with Crippen LogP contribution in [0.5, 0.6) is 0 Å². The Bertz CT molecular complexity index is 754. The van der Waals surface area contributed by atoms with E-state index in [1.807, 2.05) is 12.4 Å². The number of thiazole rings is 1. The van der Waals surface area contributed by atoms with Crippen molar-refractivity contribution in [1.29, 1.82) is 0 Å². The van der Waals surface area contributed by atoms with Crippen LogP contribution < -0.4 is 5.73 Å². The third kappa shape index (κ3) is 1.64. The van der Waals surface area contributed by atoms with Gasteiger partial charge >= 0.3 is 0 Å². The first-order valence-corrected chi connectivity index (χ1v) is 7.45. The van der Waals surface area contributed by atoms with Crippen LogP contribution in [-0.2, 0) is 19.4 Å². The van der Waals surface area contributed by atoms with Crippen LogP contribution in [0, 0.1) is 0 Å². The van der Waals surface area contributed by atoms with Crippen molar-refractivity contribution in [3.8, 4) is 11.3 Å². The van der Waals surface area contributed by atoms with Gasteiger partial charge in [0.1, 0.15) is 0 Å². The van der Waals surface area contributed by atoms with Gasteiger partial charge in [-0.3, -0.25) is 4.40 Å². The summed E-state index contributed by atoms with van der Waals surface area (Å²) >= 11 is 1.69. The highest BCUT2D eigenvalue weighted by molar-refractivity contribution is 7.17. The molecular weight excluding hydrogens is 254 g/mol. The highest BCUT2D eigenvalue weighted by Gasteiger charge is 2.16. The van der Waals surface area contributed by atoms with Crippen molar-refractivity contribution in [2.24, 2.45) is 5.73 Å². The first kappa shape index (κ1) is 11.2. The quantitative estimate of drug-likeness (QED) is 0.777. The van der Waals surface area contributed by atoms with Crippen molar-refractivity contribution in [2.45, 2.75) is 25.8 Å². The molecule has 1 aliphatic carbocycles. The molecule has 0 aliphatic heterocycles. The van der Waals surface area contributed by atoms with E-state index in [1.54, 1.807) is 11.3 Å². The summed E-state index contributed by atoms with van der Waals surface area (Å²) in [4.78, 5) is 6.61. The Hall–Kier alpha value is -1.65. The van der Waals surface area contributed by atoms with E-state index >= 15 is 0 Å². The monoisotopic (exact) mass is 269 g/mol. The van der Waals surface area contributed by atoms with Gasteiger partial charge in [0, 0.05) is 29.4 Å². The second kappa shape index (κ2) is 4.18. The number of benzene rings is 1. The van der Waals surface area contributed by atoms with E-state index in [-0.39, 0.29) is 0 Å². The van der Waals surface area contributed by atoms with Crippen LogP contribution in [0.3, 0.4) is 0 Å². The number of hydrogen-bond acceptors (Lipinski definition) is 3. The van der Waals surface area contributed by atoms with Crippen LogP contribution in [0.4, 0.5) is 0 Å². The number of fused-ring (bicyclic) bond motifs is 2. The van der Waals surface area contributed by atoms with Crippen molar-refractivity contribution >= 4 is 16.3 Å². The first-order valence-electron chi connectivity index (χ1n) is 6.64. The average Bonchev–Trinajstić information content (AvgIpc) is 3.11. The summed E-state index contributed by atoms with van der Waals surface area (Å²) in [6.45, 7) is 0.570. The molecule has 3 aromatic rings. The summed E-state index contributed by atoms with van der Waals surface area (Å²) in [5.74, 6) is 0. The van der Waals surface area contributed by atoms with Gasteiger partial charge in [0.05, 0.1) is 5.69 Å². The first-order chi connectivity index (χ1) is 9.36. The fourth-order valence-electron chi connectivity index (χ4n) is 2.99. The number of rotatable bonds is 2. The second-order valence-corrected chi connectivity index (χ2v) is 6.06. The minimum Gasteiger partial charge on any atom is -0.326 e. The molecule has 2 aromatic heterocycles. The summed E-state index contributed by atoms with van der Waals surface area (Å²) in [6, 6.07) is 6.84. The Kier molecular flexibility index (Phi) is 2.47. The van der Waals surface area contributed by atoms with E-state index in [4.69, 9.17) is 5.73 Å². The van der Waals surface area contributed by atoms with Gasteiger partial charge in [-0.2, -0.15) is 0 Å². The fourth-order valence-corrected chi connectivity index (χ4v) is 3.97. The van der Waals surface area contributed by atoms with E-state index in [0.717, 1.165) is 4.96 Å². The molecule has 0 saturated heterocycles. The number of imidazole rings is 1. The minimum atomic E-state index is 0.570. The Morgan fingerprint density at radius 1 is 1.26 bits per heavy atom. The molecule has 1 aliphatic rings. The second-order valence-electron chi connectivity index (χ2n) is 4.99. The zero-order valence-electron chi connectivity index (χ0n) is 10.6. The molecule has 96 valence electrons. The SMILES string of the molecule is NCc1sc2nccn2c1-c1ccc2c(c1)CCC2. The normalized spacial score (nSPS) is 14.2. The summed E-state index contributed by atoms with van der Waals surface area (Å²) < 4.78 is 2.16. The van der Waals surface area contributed by atoms with Gasteiger partial charge in [-0.25, -0.2) is 4.98 Å². The fraction of sp³-hybridized carbons (Fsp3) is 0.267. The maximum atomic E-state index is 5.89. The average molecular weight is 269 g/mol. The standard InChI is InChI=1S/C15H15N3S/c16-9-13-14(18-7-6-17-15(18)19-13)12-5-4-10-2-1-3-11(10)8-12/h4-8H,1-3,9,16H2. The van der Waals surface area contributed by atoms with Gasteiger partial charge in [-0.05, 0) is 36.5 Å². The Labute approximate surface area is 115 Å². The lowest BCUT2D eigenvalue weighted by molar-refractivity contribution is 0.912. The highest BCUT2D eigenvalue weighted by atomic mass is 32.1. The number of aryl methyl sites for hydroxylation is 2. The van der Waals surface area contributed by atoms with Crippen LogP contribution >= 0.6 is 11.3 Å². The van der Waals surface area contributed by atoms with Crippen molar-refractivity contribution < 1.29 is 0 Å². The summed E-state index contributed by atoms with van der Waals surface area (Å²) in [5, 5.41) is 0. The predicted octanol–water partition coefficient (Wildman–Crippen LogP) is 3.01. The molecule has 2 N–H and O–H groups in total. The molecule has 0 fully saturated rings. The Morgan fingerprint density at radius 3 is 3.05 bits per heavy atom.